The van der Waals surface area contributed by atoms with Gasteiger partial charge in [0.05, 0.1) is 18.0 Å². The predicted octanol–water partition coefficient (Wildman–Crippen LogP) is 1.24. The van der Waals surface area contributed by atoms with Gasteiger partial charge in [-0.3, -0.25) is 0 Å². The third kappa shape index (κ3) is 3.72. The Labute approximate surface area is 105 Å². The lowest BCUT2D eigenvalue weighted by Gasteiger charge is -2.20. The maximum atomic E-state index is 12.3. The topological polar surface area (TPSA) is 57.6 Å². The highest BCUT2D eigenvalue weighted by atomic mass is 32.2. The maximum absolute atomic E-state index is 12.3. The Morgan fingerprint density at radius 2 is 2.06 bits per heavy atom. The van der Waals surface area contributed by atoms with Crippen LogP contribution in [0.4, 0.5) is 8.78 Å². The van der Waals surface area contributed by atoms with Crippen molar-refractivity contribution in [1.82, 2.24) is 4.31 Å². The molecule has 0 fully saturated rings. The Kier molecular flexibility index (Phi) is 5.18. The van der Waals surface area contributed by atoms with Gasteiger partial charge in [-0.05, 0) is 24.6 Å². The van der Waals surface area contributed by atoms with Crippen LogP contribution in [0.2, 0.25) is 0 Å². The standard InChI is InChI=1S/C11H15F2NO3S/c1-9-3-2-4-10(7-9)18(16,17)14(5-6-15)8-11(12)13/h2-4,7,11,15H,5-6,8H2,1H3. The highest BCUT2D eigenvalue weighted by Gasteiger charge is 2.26. The number of rotatable bonds is 6. The molecule has 0 saturated carbocycles. The van der Waals surface area contributed by atoms with Gasteiger partial charge in [0.2, 0.25) is 10.0 Å². The Bertz CT molecular complexity index is 491. The van der Waals surface area contributed by atoms with E-state index in [4.69, 9.17) is 5.11 Å². The molecule has 18 heavy (non-hydrogen) atoms. The van der Waals surface area contributed by atoms with Crippen LogP contribution in [0.3, 0.4) is 0 Å². The molecule has 0 bridgehead atoms. The van der Waals surface area contributed by atoms with Gasteiger partial charge in [0.1, 0.15) is 0 Å². The lowest BCUT2D eigenvalue weighted by atomic mass is 10.2. The number of aryl methyl sites for hydroxylation is 1. The Morgan fingerprint density at radius 1 is 1.39 bits per heavy atom. The molecule has 0 spiro atoms. The van der Waals surface area contributed by atoms with Crippen molar-refractivity contribution < 1.29 is 22.3 Å². The van der Waals surface area contributed by atoms with E-state index in [1.807, 2.05) is 0 Å². The van der Waals surface area contributed by atoms with Crippen LogP contribution in [-0.4, -0.2) is 44.0 Å². The Morgan fingerprint density at radius 3 is 2.56 bits per heavy atom. The summed E-state index contributed by atoms with van der Waals surface area (Å²) in [7, 11) is -3.99. The highest BCUT2D eigenvalue weighted by Crippen LogP contribution is 2.17. The fraction of sp³-hybridized carbons (Fsp3) is 0.455. The first kappa shape index (κ1) is 15.0. The number of aliphatic hydroxyl groups is 1. The minimum atomic E-state index is -3.99. The first-order valence-electron chi connectivity index (χ1n) is 5.33. The van der Waals surface area contributed by atoms with Crippen molar-refractivity contribution in [3.8, 4) is 0 Å². The number of halogens is 2. The molecular weight excluding hydrogens is 264 g/mol. The van der Waals surface area contributed by atoms with E-state index in [9.17, 15) is 17.2 Å². The average molecular weight is 279 g/mol. The fourth-order valence-corrected chi connectivity index (χ4v) is 3.01. The third-order valence-electron chi connectivity index (χ3n) is 2.32. The summed E-state index contributed by atoms with van der Waals surface area (Å²) >= 11 is 0. The van der Waals surface area contributed by atoms with Crippen molar-refractivity contribution in [1.29, 1.82) is 0 Å². The molecule has 0 amide bonds. The Balaban J connectivity index is 3.08. The molecule has 0 saturated heterocycles. The second-order valence-corrected chi connectivity index (χ2v) is 5.73. The molecule has 0 radical (unpaired) electrons. The molecule has 4 nitrogen and oxygen atoms in total. The normalized spacial score (nSPS) is 12.3. The summed E-state index contributed by atoms with van der Waals surface area (Å²) < 4.78 is 49.5. The highest BCUT2D eigenvalue weighted by molar-refractivity contribution is 7.89. The van der Waals surface area contributed by atoms with Crippen molar-refractivity contribution in [2.24, 2.45) is 0 Å². The van der Waals surface area contributed by atoms with Gasteiger partial charge in [-0.25, -0.2) is 17.2 Å². The molecule has 1 N–H and O–H groups in total. The van der Waals surface area contributed by atoms with Gasteiger partial charge < -0.3 is 5.11 Å². The van der Waals surface area contributed by atoms with Crippen molar-refractivity contribution in [2.75, 3.05) is 19.7 Å². The summed E-state index contributed by atoms with van der Waals surface area (Å²) in [5.74, 6) is 0. The summed E-state index contributed by atoms with van der Waals surface area (Å²) in [6, 6.07) is 6.01. The summed E-state index contributed by atoms with van der Waals surface area (Å²) in [6.45, 7) is -0.0578. The van der Waals surface area contributed by atoms with Crippen LogP contribution in [0, 0.1) is 6.92 Å². The van der Waals surface area contributed by atoms with E-state index in [0.29, 0.717) is 4.31 Å². The Hall–Kier alpha value is -1.05. The van der Waals surface area contributed by atoms with Gasteiger partial charge >= 0.3 is 0 Å². The van der Waals surface area contributed by atoms with Crippen LogP contribution < -0.4 is 0 Å². The lowest BCUT2D eigenvalue weighted by Crippen LogP contribution is -2.37. The van der Waals surface area contributed by atoms with Crippen molar-refractivity contribution in [3.63, 3.8) is 0 Å². The number of nitrogens with zero attached hydrogens (tertiary/aromatic N) is 1. The van der Waals surface area contributed by atoms with Crippen LogP contribution >= 0.6 is 0 Å². The number of hydrogen-bond donors (Lipinski definition) is 1. The lowest BCUT2D eigenvalue weighted by molar-refractivity contribution is 0.113. The second-order valence-electron chi connectivity index (χ2n) is 3.79. The molecule has 0 atom stereocenters. The smallest absolute Gasteiger partial charge is 0.252 e. The van der Waals surface area contributed by atoms with E-state index in [1.54, 1.807) is 19.1 Å². The number of hydrogen-bond acceptors (Lipinski definition) is 3. The molecule has 0 heterocycles. The van der Waals surface area contributed by atoms with Crippen molar-refractivity contribution >= 4 is 10.0 Å². The fourth-order valence-electron chi connectivity index (χ4n) is 1.50. The van der Waals surface area contributed by atoms with Gasteiger partial charge in [0, 0.05) is 6.54 Å². The third-order valence-corrected chi connectivity index (χ3v) is 4.18. The zero-order valence-electron chi connectivity index (χ0n) is 9.88. The molecule has 1 rings (SSSR count). The van der Waals surface area contributed by atoms with Gasteiger partial charge in [0.15, 0.2) is 0 Å². The maximum Gasteiger partial charge on any atom is 0.252 e. The zero-order valence-corrected chi connectivity index (χ0v) is 10.7. The van der Waals surface area contributed by atoms with Gasteiger partial charge in [-0.1, -0.05) is 12.1 Å². The first-order valence-corrected chi connectivity index (χ1v) is 6.77. The quantitative estimate of drug-likeness (QED) is 0.852. The second kappa shape index (κ2) is 6.21. The first-order chi connectivity index (χ1) is 8.37. The van der Waals surface area contributed by atoms with E-state index in [1.165, 1.54) is 12.1 Å². The predicted molar refractivity (Wildman–Crippen MR) is 63.0 cm³/mol. The van der Waals surface area contributed by atoms with Crippen LogP contribution in [0.15, 0.2) is 29.2 Å². The number of benzene rings is 1. The van der Waals surface area contributed by atoms with E-state index < -0.39 is 29.6 Å². The van der Waals surface area contributed by atoms with Crippen LogP contribution in [0.1, 0.15) is 5.56 Å². The SMILES string of the molecule is Cc1cccc(S(=O)(=O)N(CCO)CC(F)F)c1. The minimum Gasteiger partial charge on any atom is -0.395 e. The van der Waals surface area contributed by atoms with Crippen LogP contribution in [0.25, 0.3) is 0 Å². The number of sulfonamides is 1. The minimum absolute atomic E-state index is 0.0448. The molecule has 0 aromatic heterocycles. The summed E-state index contributed by atoms with van der Waals surface area (Å²) in [5, 5.41) is 8.76. The number of alkyl halides is 2. The molecule has 0 unspecified atom stereocenters. The molecular formula is C11H15F2NO3S. The summed E-state index contributed by atoms with van der Waals surface area (Å²) in [6.07, 6.45) is -2.78. The van der Waals surface area contributed by atoms with Gasteiger partial charge in [-0.15, -0.1) is 0 Å². The molecule has 0 aliphatic carbocycles. The monoisotopic (exact) mass is 279 g/mol. The largest absolute Gasteiger partial charge is 0.395 e. The van der Waals surface area contributed by atoms with Crippen LogP contribution in [-0.2, 0) is 10.0 Å². The van der Waals surface area contributed by atoms with E-state index >= 15 is 0 Å². The van der Waals surface area contributed by atoms with Crippen molar-refractivity contribution in [2.45, 2.75) is 18.2 Å². The molecule has 1 aromatic carbocycles. The molecule has 7 heteroatoms. The van der Waals surface area contributed by atoms with Crippen molar-refractivity contribution in [3.05, 3.63) is 29.8 Å². The van der Waals surface area contributed by atoms with E-state index in [0.717, 1.165) is 5.56 Å². The molecule has 0 aliphatic heterocycles. The van der Waals surface area contributed by atoms with Crippen LogP contribution in [0.5, 0.6) is 0 Å². The van der Waals surface area contributed by atoms with Gasteiger partial charge in [0.25, 0.3) is 6.43 Å². The molecule has 0 aliphatic rings. The molecule has 1 aromatic rings. The zero-order chi connectivity index (χ0) is 13.8. The van der Waals surface area contributed by atoms with E-state index in [2.05, 4.69) is 0 Å². The summed E-state index contributed by atoms with van der Waals surface area (Å²) in [4.78, 5) is -0.0448. The van der Waals surface area contributed by atoms with Gasteiger partial charge in [-0.2, -0.15) is 4.31 Å². The molecule has 102 valence electrons. The van der Waals surface area contributed by atoms with E-state index in [-0.39, 0.29) is 11.4 Å². The number of aliphatic hydroxyl groups excluding tert-OH is 1. The summed E-state index contributed by atoms with van der Waals surface area (Å²) in [5.41, 5.74) is 0.720. The average Bonchev–Trinajstić information content (AvgIpc) is 2.28.